The summed E-state index contributed by atoms with van der Waals surface area (Å²) in [6, 6.07) is 7.34. The lowest BCUT2D eigenvalue weighted by Gasteiger charge is -2.24. The molecular weight excluding hydrogens is 360 g/mol. The van der Waals surface area contributed by atoms with Gasteiger partial charge in [0.05, 0.1) is 0 Å². The fraction of sp³-hybridized carbons (Fsp3) is 0.500. The maximum atomic E-state index is 12.7. The number of carbonyl (C=O) groups is 2. The van der Waals surface area contributed by atoms with Crippen molar-refractivity contribution in [3.8, 4) is 10.6 Å². The first-order valence-corrected chi connectivity index (χ1v) is 9.87. The number of carbonyl (C=O) groups excluding carboxylic acids is 2. The number of nitrogens with zero attached hydrogens (tertiary/aromatic N) is 2. The number of nitrogens with one attached hydrogen (secondary N) is 2. The Bertz CT molecular complexity index is 808. The second kappa shape index (κ2) is 8.61. The molecule has 1 aromatic carbocycles. The van der Waals surface area contributed by atoms with Crippen LogP contribution in [-0.4, -0.2) is 28.1 Å². The number of amides is 2. The van der Waals surface area contributed by atoms with Crippen LogP contribution >= 0.6 is 11.3 Å². The summed E-state index contributed by atoms with van der Waals surface area (Å²) < 4.78 is 0. The smallest absolute Gasteiger partial charge is 0.249 e. The molecule has 2 aromatic rings. The van der Waals surface area contributed by atoms with Crippen molar-refractivity contribution in [1.29, 1.82) is 0 Å². The van der Waals surface area contributed by atoms with Gasteiger partial charge in [0.15, 0.2) is 0 Å². The normalized spacial score (nSPS) is 12.7. The van der Waals surface area contributed by atoms with Gasteiger partial charge in [-0.05, 0) is 24.3 Å². The molecule has 0 saturated heterocycles. The monoisotopic (exact) mass is 388 g/mol. The molecule has 1 atom stereocenters. The van der Waals surface area contributed by atoms with E-state index in [1.807, 2.05) is 65.8 Å². The molecule has 0 aliphatic heterocycles. The zero-order valence-corrected chi connectivity index (χ0v) is 17.6. The highest BCUT2D eigenvalue weighted by atomic mass is 32.1. The van der Waals surface area contributed by atoms with Crippen molar-refractivity contribution in [2.24, 2.45) is 11.3 Å². The molecule has 6 nitrogen and oxygen atoms in total. The fourth-order valence-electron chi connectivity index (χ4n) is 2.59. The van der Waals surface area contributed by atoms with Crippen molar-refractivity contribution >= 4 is 28.3 Å². The fourth-order valence-corrected chi connectivity index (χ4v) is 3.34. The first-order chi connectivity index (χ1) is 12.5. The van der Waals surface area contributed by atoms with Crippen LogP contribution < -0.4 is 10.6 Å². The van der Waals surface area contributed by atoms with Gasteiger partial charge >= 0.3 is 0 Å². The van der Waals surface area contributed by atoms with Crippen molar-refractivity contribution in [2.75, 3.05) is 5.32 Å². The molecule has 2 N–H and O–H groups in total. The van der Waals surface area contributed by atoms with Crippen molar-refractivity contribution in [1.82, 2.24) is 15.5 Å². The molecule has 0 aliphatic carbocycles. The van der Waals surface area contributed by atoms with Crippen molar-refractivity contribution in [3.05, 3.63) is 29.8 Å². The van der Waals surface area contributed by atoms with Crippen molar-refractivity contribution in [3.63, 3.8) is 0 Å². The topological polar surface area (TPSA) is 84.0 Å². The number of rotatable bonds is 6. The van der Waals surface area contributed by atoms with Gasteiger partial charge in [-0.3, -0.25) is 14.9 Å². The molecule has 2 rings (SSSR count). The molecule has 0 aliphatic rings. The zero-order valence-electron chi connectivity index (χ0n) is 16.8. The van der Waals surface area contributed by atoms with Crippen LogP contribution in [0.15, 0.2) is 24.3 Å². The molecule has 0 saturated carbocycles. The summed E-state index contributed by atoms with van der Waals surface area (Å²) >= 11 is 1.31. The SMILES string of the molecule is Cc1cccc(-c2nnc(NC(=O)[C@@H](NC(=O)CC(C)(C)C)C(C)C)s2)c1. The van der Waals surface area contributed by atoms with Gasteiger partial charge in [0.25, 0.3) is 0 Å². The molecule has 0 spiro atoms. The second-order valence-electron chi connectivity index (χ2n) is 8.30. The van der Waals surface area contributed by atoms with Gasteiger partial charge < -0.3 is 5.32 Å². The predicted octanol–water partition coefficient (Wildman–Crippen LogP) is 4.03. The number of hydrogen-bond acceptors (Lipinski definition) is 5. The van der Waals surface area contributed by atoms with Gasteiger partial charge in [-0.15, -0.1) is 10.2 Å². The third kappa shape index (κ3) is 6.43. The lowest BCUT2D eigenvalue weighted by molar-refractivity contribution is -0.128. The highest BCUT2D eigenvalue weighted by Crippen LogP contribution is 2.27. The van der Waals surface area contributed by atoms with Crippen LogP contribution in [0.3, 0.4) is 0 Å². The van der Waals surface area contributed by atoms with E-state index in [0.717, 1.165) is 16.1 Å². The average Bonchev–Trinajstić information content (AvgIpc) is 2.99. The molecule has 2 amide bonds. The summed E-state index contributed by atoms with van der Waals surface area (Å²) in [7, 11) is 0. The Morgan fingerprint density at radius 1 is 1.19 bits per heavy atom. The number of anilines is 1. The van der Waals surface area contributed by atoms with Crippen LogP contribution in [0, 0.1) is 18.3 Å². The number of benzene rings is 1. The molecule has 0 fully saturated rings. The molecule has 1 aromatic heterocycles. The summed E-state index contributed by atoms with van der Waals surface area (Å²) in [6.45, 7) is 11.8. The van der Waals surface area contributed by atoms with Gasteiger partial charge in [-0.1, -0.05) is 69.7 Å². The number of aryl methyl sites for hydroxylation is 1. The van der Waals surface area contributed by atoms with E-state index in [1.165, 1.54) is 11.3 Å². The molecule has 146 valence electrons. The largest absolute Gasteiger partial charge is 0.344 e. The van der Waals surface area contributed by atoms with E-state index in [9.17, 15) is 9.59 Å². The summed E-state index contributed by atoms with van der Waals surface area (Å²) in [4.78, 5) is 24.9. The van der Waals surface area contributed by atoms with E-state index >= 15 is 0 Å². The van der Waals surface area contributed by atoms with Crippen LogP contribution in [0.25, 0.3) is 10.6 Å². The van der Waals surface area contributed by atoms with E-state index < -0.39 is 6.04 Å². The Labute approximate surface area is 164 Å². The van der Waals surface area contributed by atoms with Gasteiger partial charge in [-0.2, -0.15) is 0 Å². The number of hydrogen-bond donors (Lipinski definition) is 2. The quantitative estimate of drug-likeness (QED) is 0.782. The van der Waals surface area contributed by atoms with E-state index in [1.54, 1.807) is 0 Å². The summed E-state index contributed by atoms with van der Waals surface area (Å²) in [5.74, 6) is -0.452. The molecule has 27 heavy (non-hydrogen) atoms. The van der Waals surface area contributed by atoms with Crippen molar-refractivity contribution < 1.29 is 9.59 Å². The minimum Gasteiger partial charge on any atom is -0.344 e. The highest BCUT2D eigenvalue weighted by Gasteiger charge is 2.27. The minimum atomic E-state index is -0.619. The van der Waals surface area contributed by atoms with Crippen LogP contribution in [0.4, 0.5) is 5.13 Å². The average molecular weight is 389 g/mol. The molecule has 0 bridgehead atoms. The first kappa shape index (κ1) is 21.0. The Morgan fingerprint density at radius 2 is 1.89 bits per heavy atom. The third-order valence-electron chi connectivity index (χ3n) is 3.88. The maximum absolute atomic E-state index is 12.7. The van der Waals surface area contributed by atoms with Crippen LogP contribution in [-0.2, 0) is 9.59 Å². The summed E-state index contributed by atoms with van der Waals surface area (Å²) in [5, 5.41) is 15.0. The molecule has 0 radical (unpaired) electrons. The highest BCUT2D eigenvalue weighted by molar-refractivity contribution is 7.18. The van der Waals surface area contributed by atoms with E-state index in [0.29, 0.717) is 11.6 Å². The van der Waals surface area contributed by atoms with Gasteiger partial charge in [0.2, 0.25) is 16.9 Å². The van der Waals surface area contributed by atoms with Crippen molar-refractivity contribution in [2.45, 2.75) is 54.0 Å². The number of aromatic nitrogens is 2. The van der Waals surface area contributed by atoms with E-state index in [2.05, 4.69) is 20.8 Å². The lowest BCUT2D eigenvalue weighted by atomic mass is 9.91. The third-order valence-corrected chi connectivity index (χ3v) is 4.76. The van der Waals surface area contributed by atoms with Crippen LogP contribution in [0.2, 0.25) is 0 Å². The second-order valence-corrected chi connectivity index (χ2v) is 9.28. The Balaban J connectivity index is 2.06. The van der Waals surface area contributed by atoms with Gasteiger partial charge in [0, 0.05) is 12.0 Å². The minimum absolute atomic E-state index is 0.0434. The zero-order chi connectivity index (χ0) is 20.2. The van der Waals surface area contributed by atoms with Crippen LogP contribution in [0.5, 0.6) is 0 Å². The Hall–Kier alpha value is -2.28. The standard InChI is InChI=1S/C20H28N4O2S/c1-12(2)16(21-15(25)11-20(4,5)6)17(26)22-19-24-23-18(27-19)14-9-7-8-13(3)10-14/h7-10,12,16H,11H2,1-6H3,(H,21,25)(H,22,24,26)/t16-/m0/s1. The van der Waals surface area contributed by atoms with Crippen LogP contribution in [0.1, 0.15) is 46.6 Å². The summed E-state index contributed by atoms with van der Waals surface area (Å²) in [6.07, 6.45) is 0.361. The molecule has 7 heteroatoms. The van der Waals surface area contributed by atoms with Gasteiger partial charge in [0.1, 0.15) is 11.0 Å². The van der Waals surface area contributed by atoms with Gasteiger partial charge in [-0.25, -0.2) is 0 Å². The molecule has 0 unspecified atom stereocenters. The molecular formula is C20H28N4O2S. The molecule has 1 heterocycles. The van der Waals surface area contributed by atoms with E-state index in [4.69, 9.17) is 0 Å². The lowest BCUT2D eigenvalue weighted by Crippen LogP contribution is -2.47. The Kier molecular flexibility index (Phi) is 6.70. The predicted molar refractivity (Wildman–Crippen MR) is 110 cm³/mol. The van der Waals surface area contributed by atoms with E-state index in [-0.39, 0.29) is 23.1 Å². The maximum Gasteiger partial charge on any atom is 0.249 e. The Morgan fingerprint density at radius 3 is 2.48 bits per heavy atom. The summed E-state index contributed by atoms with van der Waals surface area (Å²) in [5.41, 5.74) is 1.96. The first-order valence-electron chi connectivity index (χ1n) is 9.06.